The van der Waals surface area contributed by atoms with Gasteiger partial charge in [0, 0.05) is 0 Å². The molecule has 4 nitrogen and oxygen atoms in total. The third-order valence-corrected chi connectivity index (χ3v) is 4.65. The summed E-state index contributed by atoms with van der Waals surface area (Å²) in [7, 11) is -2.84. The van der Waals surface area contributed by atoms with Gasteiger partial charge in [0.1, 0.15) is 0 Å². The third-order valence-electron chi connectivity index (χ3n) is 2.91. The van der Waals surface area contributed by atoms with Crippen molar-refractivity contribution in [2.45, 2.75) is 11.1 Å². The molecule has 8 heteroatoms. The zero-order chi connectivity index (χ0) is 15.3. The number of esters is 1. The number of methoxy groups -OCH3 is 1. The van der Waals surface area contributed by atoms with Gasteiger partial charge in [-0.1, -0.05) is 6.58 Å². The van der Waals surface area contributed by atoms with Crippen molar-refractivity contribution in [1.29, 1.82) is 0 Å². The van der Waals surface area contributed by atoms with Crippen LogP contribution in [0.25, 0.3) is 5.57 Å². The van der Waals surface area contributed by atoms with Crippen molar-refractivity contribution in [3.63, 3.8) is 0 Å². The minimum atomic E-state index is -4.80. The Morgan fingerprint density at radius 1 is 1.35 bits per heavy atom. The van der Waals surface area contributed by atoms with Crippen LogP contribution in [0.2, 0.25) is 0 Å². The van der Waals surface area contributed by atoms with Crippen LogP contribution in [0.5, 0.6) is 0 Å². The lowest BCUT2D eigenvalue weighted by molar-refractivity contribution is -0.138. The number of fused-ring (bicyclic) bond motifs is 1. The molecule has 0 fully saturated rings. The van der Waals surface area contributed by atoms with E-state index in [0.29, 0.717) is 12.1 Å². The zero-order valence-electron chi connectivity index (χ0n) is 10.2. The van der Waals surface area contributed by atoms with Gasteiger partial charge in [-0.3, -0.25) is 0 Å². The molecule has 1 aliphatic rings. The highest BCUT2D eigenvalue weighted by Gasteiger charge is 2.40. The Labute approximate surface area is 112 Å². The Balaban J connectivity index is 2.82. The molecular formula is C12H9F3O4S. The van der Waals surface area contributed by atoms with Gasteiger partial charge in [0.25, 0.3) is 0 Å². The van der Waals surface area contributed by atoms with Crippen LogP contribution in [-0.2, 0) is 20.8 Å². The maximum atomic E-state index is 12.9. The van der Waals surface area contributed by atoms with Crippen molar-refractivity contribution in [2.75, 3.05) is 12.9 Å². The molecule has 0 atom stereocenters. The van der Waals surface area contributed by atoms with E-state index in [-0.39, 0.29) is 16.0 Å². The molecule has 0 aromatic heterocycles. The lowest BCUT2D eigenvalue weighted by Crippen LogP contribution is -2.15. The highest BCUT2D eigenvalue weighted by atomic mass is 32.2. The summed E-state index contributed by atoms with van der Waals surface area (Å²) in [4.78, 5) is 11.1. The number of halogens is 3. The molecule has 1 heterocycles. The molecule has 0 aliphatic carbocycles. The van der Waals surface area contributed by atoms with E-state index in [2.05, 4.69) is 11.3 Å². The molecule has 2 rings (SSSR count). The molecule has 0 saturated heterocycles. The van der Waals surface area contributed by atoms with E-state index in [1.54, 1.807) is 0 Å². The summed E-state index contributed by atoms with van der Waals surface area (Å²) in [6, 6.07) is 1.34. The van der Waals surface area contributed by atoms with Crippen molar-refractivity contribution < 1.29 is 31.1 Å². The second-order valence-electron chi connectivity index (χ2n) is 4.25. The topological polar surface area (TPSA) is 60.4 Å². The summed E-state index contributed by atoms with van der Waals surface area (Å²) in [6.45, 7) is 3.45. The van der Waals surface area contributed by atoms with Crippen LogP contribution in [0.4, 0.5) is 13.2 Å². The molecule has 0 N–H and O–H groups in total. The van der Waals surface area contributed by atoms with Crippen molar-refractivity contribution in [2.24, 2.45) is 0 Å². The first-order valence-corrected chi connectivity index (χ1v) is 6.97. The van der Waals surface area contributed by atoms with Crippen LogP contribution < -0.4 is 0 Å². The predicted octanol–water partition coefficient (Wildman–Crippen LogP) is 2.29. The van der Waals surface area contributed by atoms with Gasteiger partial charge in [0.05, 0.1) is 28.9 Å². The molecule has 0 radical (unpaired) electrons. The number of hydrogen-bond acceptors (Lipinski definition) is 4. The number of carbonyl (C=O) groups excluding carboxylic acids is 1. The summed E-state index contributed by atoms with van der Waals surface area (Å²) in [5.74, 6) is -1.70. The number of sulfone groups is 1. The lowest BCUT2D eigenvalue weighted by atomic mass is 10.00. The summed E-state index contributed by atoms with van der Waals surface area (Å²) in [5, 5.41) is 0. The first-order chi connectivity index (χ1) is 9.08. The van der Waals surface area contributed by atoms with Gasteiger partial charge in [-0.15, -0.1) is 0 Å². The second-order valence-corrected chi connectivity index (χ2v) is 6.20. The average molecular weight is 306 g/mol. The normalized spacial score (nSPS) is 16.9. The van der Waals surface area contributed by atoms with Crippen LogP contribution in [0.3, 0.4) is 0 Å². The van der Waals surface area contributed by atoms with Gasteiger partial charge >= 0.3 is 12.1 Å². The van der Waals surface area contributed by atoms with E-state index in [1.807, 2.05) is 0 Å². The molecule has 0 unspecified atom stereocenters. The zero-order valence-corrected chi connectivity index (χ0v) is 11.1. The highest BCUT2D eigenvalue weighted by molar-refractivity contribution is 7.92. The van der Waals surface area contributed by atoms with Crippen LogP contribution in [-0.4, -0.2) is 27.2 Å². The van der Waals surface area contributed by atoms with E-state index in [4.69, 9.17) is 0 Å². The van der Waals surface area contributed by atoms with Crippen LogP contribution in [0.15, 0.2) is 23.6 Å². The lowest BCUT2D eigenvalue weighted by Gasteiger charge is -2.13. The molecule has 0 amide bonds. The molecule has 20 heavy (non-hydrogen) atoms. The summed E-state index contributed by atoms with van der Waals surface area (Å²) in [5.41, 5.74) is -2.09. The molecule has 0 bridgehead atoms. The molecule has 108 valence electrons. The standard InChI is InChI=1S/C12H9F3O4S/c1-6-5-20(17,18)10-4-8(11(16)19-2)9(3-7(6)10)12(13,14)15/h3-4H,1,5H2,2H3. The van der Waals surface area contributed by atoms with Crippen molar-refractivity contribution in [3.8, 4) is 0 Å². The fourth-order valence-electron chi connectivity index (χ4n) is 2.01. The molecule has 1 aliphatic heterocycles. The maximum absolute atomic E-state index is 12.9. The number of rotatable bonds is 1. The number of alkyl halides is 3. The van der Waals surface area contributed by atoms with Crippen molar-refractivity contribution in [3.05, 3.63) is 35.4 Å². The monoisotopic (exact) mass is 306 g/mol. The van der Waals surface area contributed by atoms with E-state index in [9.17, 15) is 26.4 Å². The largest absolute Gasteiger partial charge is 0.465 e. The smallest absolute Gasteiger partial charge is 0.417 e. The quantitative estimate of drug-likeness (QED) is 0.747. The second kappa shape index (κ2) is 4.34. The van der Waals surface area contributed by atoms with Crippen molar-refractivity contribution in [1.82, 2.24) is 0 Å². The van der Waals surface area contributed by atoms with Crippen molar-refractivity contribution >= 4 is 21.4 Å². The van der Waals surface area contributed by atoms with Crippen LogP contribution in [0.1, 0.15) is 21.5 Å². The fourth-order valence-corrected chi connectivity index (χ4v) is 3.62. The number of ether oxygens (including phenoxy) is 1. The summed E-state index contributed by atoms with van der Waals surface area (Å²) in [6.07, 6.45) is -4.80. The van der Waals surface area contributed by atoms with Gasteiger partial charge in [-0.25, -0.2) is 13.2 Å². The van der Waals surface area contributed by atoms with Crippen LogP contribution in [0, 0.1) is 0 Å². The molecule has 1 aromatic rings. The van der Waals surface area contributed by atoms with Gasteiger partial charge < -0.3 is 4.74 Å². The summed E-state index contributed by atoms with van der Waals surface area (Å²) >= 11 is 0. The minimum Gasteiger partial charge on any atom is -0.465 e. The predicted molar refractivity (Wildman–Crippen MR) is 63.9 cm³/mol. The Morgan fingerprint density at radius 3 is 2.45 bits per heavy atom. The fraction of sp³-hybridized carbons (Fsp3) is 0.250. The number of benzene rings is 1. The molecular weight excluding hydrogens is 297 g/mol. The first kappa shape index (κ1) is 14.6. The Hall–Kier alpha value is -1.83. The molecule has 1 aromatic carbocycles. The Bertz CT molecular complexity index is 717. The Morgan fingerprint density at radius 2 is 1.95 bits per heavy atom. The van der Waals surface area contributed by atoms with Crippen LogP contribution >= 0.6 is 0 Å². The summed E-state index contributed by atoms with van der Waals surface area (Å²) < 4.78 is 66.7. The maximum Gasteiger partial charge on any atom is 0.417 e. The van der Waals surface area contributed by atoms with Gasteiger partial charge in [0.2, 0.25) is 0 Å². The number of carbonyl (C=O) groups is 1. The van der Waals surface area contributed by atoms with E-state index in [0.717, 1.165) is 7.11 Å². The Kier molecular flexibility index (Phi) is 3.16. The molecule has 0 spiro atoms. The number of hydrogen-bond donors (Lipinski definition) is 0. The third kappa shape index (κ3) is 2.20. The average Bonchev–Trinajstić information content (AvgIpc) is 2.56. The van der Waals surface area contributed by atoms with E-state index < -0.39 is 38.9 Å². The van der Waals surface area contributed by atoms with E-state index >= 15 is 0 Å². The SMILES string of the molecule is C=C1CS(=O)(=O)c2cc(C(=O)OC)c(C(F)(F)F)cc21. The molecule has 0 saturated carbocycles. The van der Waals surface area contributed by atoms with Gasteiger partial charge in [-0.05, 0) is 23.3 Å². The van der Waals surface area contributed by atoms with E-state index in [1.165, 1.54) is 0 Å². The first-order valence-electron chi connectivity index (χ1n) is 5.32. The van der Waals surface area contributed by atoms with Gasteiger partial charge in [0.15, 0.2) is 9.84 Å². The highest BCUT2D eigenvalue weighted by Crippen LogP contribution is 2.40. The van der Waals surface area contributed by atoms with Gasteiger partial charge in [-0.2, -0.15) is 13.2 Å². The minimum absolute atomic E-state index is 0.0712.